The van der Waals surface area contributed by atoms with E-state index >= 15 is 0 Å². The lowest BCUT2D eigenvalue weighted by Crippen LogP contribution is -2.47. The van der Waals surface area contributed by atoms with Crippen molar-refractivity contribution in [3.8, 4) is 6.07 Å². The molecule has 0 unspecified atom stereocenters. The Bertz CT molecular complexity index is 647. The lowest BCUT2D eigenvalue weighted by molar-refractivity contribution is 0.0577. The van der Waals surface area contributed by atoms with Gasteiger partial charge in [0, 0.05) is 19.1 Å². The minimum atomic E-state index is -3.63. The van der Waals surface area contributed by atoms with Crippen LogP contribution in [-0.4, -0.2) is 41.8 Å². The predicted octanol–water partition coefficient (Wildman–Crippen LogP) is 1.27. The van der Waals surface area contributed by atoms with Crippen molar-refractivity contribution in [2.75, 3.05) is 33.4 Å². The monoisotopic (exact) mass is 359 g/mol. The quantitative estimate of drug-likeness (QED) is 0.798. The van der Waals surface area contributed by atoms with Gasteiger partial charge in [0.2, 0.25) is 10.0 Å². The van der Waals surface area contributed by atoms with Crippen LogP contribution in [0.2, 0.25) is 0 Å². The maximum Gasteiger partial charge on any atom is 0.240 e. The molecule has 6 nitrogen and oxygen atoms in total. The molecule has 8 heteroatoms. The number of ether oxygens (including phenoxy) is 1. The van der Waals surface area contributed by atoms with E-state index in [1.165, 1.54) is 12.1 Å². The van der Waals surface area contributed by atoms with Gasteiger partial charge < -0.3 is 10.1 Å². The number of piperidine rings is 1. The standard InChI is InChI=1S/C15H21N3O3S.ClH/c1-21-12-15(5-7-17-8-6-15)11-18-22(19,20)14-4-2-3-13(9-14)10-16;/h2-4,9,17-18H,5-8,11-12H2,1H3;1H. The van der Waals surface area contributed by atoms with Crippen LogP contribution in [0.3, 0.4) is 0 Å². The summed E-state index contributed by atoms with van der Waals surface area (Å²) in [7, 11) is -1.99. The molecule has 1 aromatic rings. The molecule has 1 aliphatic heterocycles. The Balaban J connectivity index is 0.00000264. The van der Waals surface area contributed by atoms with Crippen molar-refractivity contribution in [1.29, 1.82) is 5.26 Å². The molecular weight excluding hydrogens is 338 g/mol. The van der Waals surface area contributed by atoms with E-state index in [0.717, 1.165) is 25.9 Å². The summed E-state index contributed by atoms with van der Waals surface area (Å²) in [4.78, 5) is 0.119. The Hall–Kier alpha value is -1.17. The van der Waals surface area contributed by atoms with Crippen LogP contribution in [0.5, 0.6) is 0 Å². The summed E-state index contributed by atoms with van der Waals surface area (Å²) >= 11 is 0. The van der Waals surface area contributed by atoms with Crippen LogP contribution in [-0.2, 0) is 14.8 Å². The molecule has 2 N–H and O–H groups in total. The number of nitrogens with one attached hydrogen (secondary N) is 2. The Morgan fingerprint density at radius 3 is 2.70 bits per heavy atom. The fourth-order valence-corrected chi connectivity index (χ4v) is 3.90. The largest absolute Gasteiger partial charge is 0.384 e. The van der Waals surface area contributed by atoms with Crippen molar-refractivity contribution in [2.45, 2.75) is 17.7 Å². The maximum atomic E-state index is 12.4. The van der Waals surface area contributed by atoms with Gasteiger partial charge in [-0.3, -0.25) is 0 Å². The third-order valence-corrected chi connectivity index (χ3v) is 5.42. The van der Waals surface area contributed by atoms with Crippen molar-refractivity contribution in [1.82, 2.24) is 10.0 Å². The Kier molecular flexibility index (Phi) is 7.45. The Labute approximate surface area is 143 Å². The first-order valence-corrected chi connectivity index (χ1v) is 8.69. The molecule has 128 valence electrons. The second-order valence-corrected chi connectivity index (χ2v) is 7.41. The van der Waals surface area contributed by atoms with Crippen LogP contribution in [0.25, 0.3) is 0 Å². The molecular formula is C15H22ClN3O3S. The molecule has 1 fully saturated rings. The molecule has 23 heavy (non-hydrogen) atoms. The van der Waals surface area contributed by atoms with Gasteiger partial charge in [0.05, 0.1) is 23.1 Å². The highest BCUT2D eigenvalue weighted by atomic mass is 35.5. The first kappa shape index (κ1) is 19.9. The van der Waals surface area contributed by atoms with Gasteiger partial charge in [0.25, 0.3) is 0 Å². The highest BCUT2D eigenvalue weighted by Gasteiger charge is 2.33. The van der Waals surface area contributed by atoms with E-state index in [2.05, 4.69) is 10.0 Å². The summed E-state index contributed by atoms with van der Waals surface area (Å²) in [5.41, 5.74) is 0.149. The third kappa shape index (κ3) is 5.16. The molecule has 2 rings (SSSR count). The highest BCUT2D eigenvalue weighted by molar-refractivity contribution is 7.89. The maximum absolute atomic E-state index is 12.4. The van der Waals surface area contributed by atoms with Gasteiger partial charge in [-0.15, -0.1) is 12.4 Å². The fraction of sp³-hybridized carbons (Fsp3) is 0.533. The molecule has 1 heterocycles. The molecule has 0 atom stereocenters. The second-order valence-electron chi connectivity index (χ2n) is 5.65. The van der Waals surface area contributed by atoms with Crippen LogP contribution >= 0.6 is 12.4 Å². The Morgan fingerprint density at radius 1 is 1.39 bits per heavy atom. The van der Waals surface area contributed by atoms with Crippen molar-refractivity contribution in [3.05, 3.63) is 29.8 Å². The number of sulfonamides is 1. The predicted molar refractivity (Wildman–Crippen MR) is 90.0 cm³/mol. The highest BCUT2D eigenvalue weighted by Crippen LogP contribution is 2.28. The first-order valence-electron chi connectivity index (χ1n) is 7.21. The van der Waals surface area contributed by atoms with Gasteiger partial charge in [-0.2, -0.15) is 5.26 Å². The topological polar surface area (TPSA) is 91.2 Å². The van der Waals surface area contributed by atoms with E-state index < -0.39 is 10.0 Å². The molecule has 0 saturated carbocycles. The SMILES string of the molecule is COCC1(CNS(=O)(=O)c2cccc(C#N)c2)CCNCC1.Cl. The van der Waals surface area contributed by atoms with Crippen LogP contribution < -0.4 is 10.0 Å². The minimum absolute atomic E-state index is 0. The van der Waals surface area contributed by atoms with Crippen LogP contribution in [0, 0.1) is 16.7 Å². The number of nitrogens with zero attached hydrogens (tertiary/aromatic N) is 1. The summed E-state index contributed by atoms with van der Waals surface area (Å²) in [6, 6.07) is 7.98. The first-order chi connectivity index (χ1) is 10.5. The van der Waals surface area contributed by atoms with E-state index in [4.69, 9.17) is 10.00 Å². The average Bonchev–Trinajstić information content (AvgIpc) is 2.54. The molecule has 0 spiro atoms. The number of methoxy groups -OCH3 is 1. The van der Waals surface area contributed by atoms with Gasteiger partial charge in [0.1, 0.15) is 0 Å². The van der Waals surface area contributed by atoms with Crippen LogP contribution in [0.15, 0.2) is 29.2 Å². The van der Waals surface area contributed by atoms with Crippen molar-refractivity contribution >= 4 is 22.4 Å². The molecule has 0 radical (unpaired) electrons. The molecule has 0 aromatic heterocycles. The molecule has 0 amide bonds. The molecule has 1 aromatic carbocycles. The lowest BCUT2D eigenvalue weighted by atomic mass is 9.80. The van der Waals surface area contributed by atoms with E-state index in [-0.39, 0.29) is 22.7 Å². The number of hydrogen-bond acceptors (Lipinski definition) is 5. The average molecular weight is 360 g/mol. The lowest BCUT2D eigenvalue weighted by Gasteiger charge is -2.37. The zero-order valence-electron chi connectivity index (χ0n) is 13.0. The summed E-state index contributed by atoms with van der Waals surface area (Å²) in [5, 5.41) is 12.2. The van der Waals surface area contributed by atoms with Gasteiger partial charge in [-0.25, -0.2) is 13.1 Å². The molecule has 1 aliphatic rings. The third-order valence-electron chi connectivity index (χ3n) is 4.03. The smallest absolute Gasteiger partial charge is 0.240 e. The van der Waals surface area contributed by atoms with Gasteiger partial charge in [0.15, 0.2) is 0 Å². The van der Waals surface area contributed by atoms with E-state index in [0.29, 0.717) is 18.7 Å². The number of rotatable bonds is 6. The van der Waals surface area contributed by atoms with Gasteiger partial charge >= 0.3 is 0 Å². The van der Waals surface area contributed by atoms with Crippen molar-refractivity contribution in [2.24, 2.45) is 5.41 Å². The zero-order chi connectivity index (χ0) is 16.1. The van der Waals surface area contributed by atoms with Crippen LogP contribution in [0.1, 0.15) is 18.4 Å². The summed E-state index contributed by atoms with van der Waals surface area (Å²) in [5.74, 6) is 0. The number of halogens is 1. The van der Waals surface area contributed by atoms with Crippen molar-refractivity contribution in [3.63, 3.8) is 0 Å². The van der Waals surface area contributed by atoms with E-state index in [1.54, 1.807) is 19.2 Å². The van der Waals surface area contributed by atoms with E-state index in [9.17, 15) is 8.42 Å². The zero-order valence-corrected chi connectivity index (χ0v) is 14.7. The Morgan fingerprint density at radius 2 is 2.09 bits per heavy atom. The normalized spacial score (nSPS) is 17.0. The van der Waals surface area contributed by atoms with Gasteiger partial charge in [-0.1, -0.05) is 6.07 Å². The minimum Gasteiger partial charge on any atom is -0.384 e. The van der Waals surface area contributed by atoms with E-state index in [1.807, 2.05) is 6.07 Å². The molecule has 1 saturated heterocycles. The summed E-state index contributed by atoms with van der Waals surface area (Å²) < 4.78 is 32.8. The molecule has 0 bridgehead atoms. The van der Waals surface area contributed by atoms with Gasteiger partial charge in [-0.05, 0) is 44.1 Å². The summed E-state index contributed by atoms with van der Waals surface area (Å²) in [6.45, 7) is 2.57. The fourth-order valence-electron chi connectivity index (χ4n) is 2.70. The van der Waals surface area contributed by atoms with Crippen LogP contribution in [0.4, 0.5) is 0 Å². The number of nitriles is 1. The number of benzene rings is 1. The number of hydrogen-bond donors (Lipinski definition) is 2. The second kappa shape index (κ2) is 8.62. The summed E-state index contributed by atoms with van der Waals surface area (Å²) in [6.07, 6.45) is 1.73. The van der Waals surface area contributed by atoms with Crippen molar-refractivity contribution < 1.29 is 13.2 Å². The molecule has 0 aliphatic carbocycles.